The summed E-state index contributed by atoms with van der Waals surface area (Å²) < 4.78 is 0. The molecule has 0 heterocycles. The molecule has 0 aromatic heterocycles. The van der Waals surface area contributed by atoms with Gasteiger partial charge in [-0.15, -0.1) is 0 Å². The second-order valence-electron chi connectivity index (χ2n) is 12.5. The lowest BCUT2D eigenvalue weighted by Crippen LogP contribution is -2.53. The minimum absolute atomic E-state index is 0.202. The van der Waals surface area contributed by atoms with Crippen LogP contribution in [0.4, 0.5) is 0 Å². The van der Waals surface area contributed by atoms with Crippen molar-refractivity contribution < 1.29 is 30.3 Å². The van der Waals surface area contributed by atoms with Crippen molar-refractivity contribution in [2.75, 3.05) is 0 Å². The van der Waals surface area contributed by atoms with Crippen LogP contribution in [0, 0.1) is 46.3 Å². The molecule has 0 radical (unpaired) electrons. The monoisotopic (exact) mass is 464 g/mol. The number of aliphatic hydroxyl groups excluding tert-OH is 1. The van der Waals surface area contributed by atoms with Crippen LogP contribution in [0.1, 0.15) is 97.8 Å². The van der Waals surface area contributed by atoms with E-state index in [4.69, 9.17) is 5.11 Å². The lowest BCUT2D eigenvalue weighted by Gasteiger charge is -2.61. The highest BCUT2D eigenvalue weighted by molar-refractivity contribution is 5.88. The summed E-state index contributed by atoms with van der Waals surface area (Å²) in [5.74, 6) is -2.07. The fourth-order valence-electron chi connectivity index (χ4n) is 9.47. The summed E-state index contributed by atoms with van der Waals surface area (Å²) in [5.41, 5.74) is -0.384. The summed E-state index contributed by atoms with van der Waals surface area (Å²) in [6.07, 6.45) is 13.5. The maximum Gasteiger partial charge on any atom is 0.344 e. The molecule has 6 heteroatoms. The van der Waals surface area contributed by atoms with Gasteiger partial charge < -0.3 is 25.5 Å². The standard InChI is InChI=1S/C27H44O6/c1-16(11-15-27(32,33)22(23(28)29)24(30)31)19-9-10-20-18-8-7-17-6-4-5-13-25(17,2)21(18)12-14-26(19,20)3/h16-21,28-29,32-33H,4-15H2,1-3H3,(H,30,31)/t16-,17?,18+,19-,20+,21+,25+,26-/m1/s1. The van der Waals surface area contributed by atoms with Crippen molar-refractivity contribution in [3.05, 3.63) is 11.5 Å². The molecule has 0 amide bonds. The molecule has 0 aromatic rings. The molecule has 0 saturated heterocycles. The highest BCUT2D eigenvalue weighted by Crippen LogP contribution is 2.68. The van der Waals surface area contributed by atoms with Gasteiger partial charge in [0.05, 0.1) is 0 Å². The van der Waals surface area contributed by atoms with Gasteiger partial charge in [-0.2, -0.15) is 0 Å². The van der Waals surface area contributed by atoms with Gasteiger partial charge in [0.2, 0.25) is 5.79 Å². The smallest absolute Gasteiger partial charge is 0.344 e. The van der Waals surface area contributed by atoms with Gasteiger partial charge in [-0.05, 0) is 104 Å². The summed E-state index contributed by atoms with van der Waals surface area (Å²) in [4.78, 5) is 11.3. The predicted octanol–water partition coefficient (Wildman–Crippen LogP) is 5.54. The molecule has 4 aliphatic carbocycles. The Balaban J connectivity index is 1.46. The fraction of sp³-hybridized carbons (Fsp3) is 0.889. The number of aliphatic carboxylic acids is 1. The Hall–Kier alpha value is -1.27. The first kappa shape index (κ1) is 24.8. The number of hydrogen-bond donors (Lipinski definition) is 5. The third kappa shape index (κ3) is 4.09. The molecule has 0 aliphatic heterocycles. The van der Waals surface area contributed by atoms with Gasteiger partial charge in [0.25, 0.3) is 5.95 Å². The van der Waals surface area contributed by atoms with Crippen molar-refractivity contribution in [3.8, 4) is 0 Å². The maximum absolute atomic E-state index is 11.3. The van der Waals surface area contributed by atoms with Crippen molar-refractivity contribution >= 4 is 5.97 Å². The van der Waals surface area contributed by atoms with Gasteiger partial charge >= 0.3 is 5.97 Å². The third-order valence-corrected chi connectivity index (χ3v) is 11.1. The van der Waals surface area contributed by atoms with Crippen molar-refractivity contribution in [1.82, 2.24) is 0 Å². The van der Waals surface area contributed by atoms with Gasteiger partial charge in [0, 0.05) is 6.42 Å². The number of carbonyl (C=O) groups is 1. The zero-order valence-electron chi connectivity index (χ0n) is 20.6. The van der Waals surface area contributed by atoms with Crippen LogP contribution in [-0.4, -0.2) is 37.3 Å². The number of hydrogen-bond acceptors (Lipinski definition) is 5. The van der Waals surface area contributed by atoms with Crippen LogP contribution >= 0.6 is 0 Å². The van der Waals surface area contributed by atoms with Crippen LogP contribution in [0.25, 0.3) is 0 Å². The molecule has 4 fully saturated rings. The first-order valence-corrected chi connectivity index (χ1v) is 13.2. The van der Waals surface area contributed by atoms with Gasteiger partial charge in [0.1, 0.15) is 0 Å². The Kier molecular flexibility index (Phi) is 6.58. The lowest BCUT2D eigenvalue weighted by atomic mass is 9.44. The summed E-state index contributed by atoms with van der Waals surface area (Å²) in [6, 6.07) is 0. The highest BCUT2D eigenvalue weighted by Gasteiger charge is 2.60. The first-order chi connectivity index (χ1) is 15.4. The summed E-state index contributed by atoms with van der Waals surface area (Å²) in [5, 5.41) is 48.2. The summed E-state index contributed by atoms with van der Waals surface area (Å²) in [6.45, 7) is 7.20. The molecule has 1 unspecified atom stereocenters. The minimum Gasteiger partial charge on any atom is -0.481 e. The molecule has 0 spiro atoms. The number of carboxylic acid groups (broad SMARTS) is 1. The predicted molar refractivity (Wildman–Crippen MR) is 125 cm³/mol. The number of carboxylic acids is 1. The van der Waals surface area contributed by atoms with Crippen LogP contribution < -0.4 is 0 Å². The Labute approximate surface area is 198 Å². The third-order valence-electron chi connectivity index (χ3n) is 11.1. The van der Waals surface area contributed by atoms with E-state index >= 15 is 0 Å². The second-order valence-corrected chi connectivity index (χ2v) is 12.5. The molecule has 4 saturated carbocycles. The van der Waals surface area contributed by atoms with Crippen LogP contribution in [0.15, 0.2) is 11.5 Å². The van der Waals surface area contributed by atoms with Crippen molar-refractivity contribution in [3.63, 3.8) is 0 Å². The normalized spacial score (nSPS) is 41.4. The zero-order valence-corrected chi connectivity index (χ0v) is 20.6. The SMILES string of the molecule is C[C@H](CCC(O)(O)C(C(=O)O)=C(O)O)[C@H]1CC[C@H]2[C@@H]3CCC4CCCC[C@]4(C)[C@H]3CC[C@]12C. The topological polar surface area (TPSA) is 118 Å². The highest BCUT2D eigenvalue weighted by atomic mass is 16.5. The average Bonchev–Trinajstić information content (AvgIpc) is 3.08. The lowest BCUT2D eigenvalue weighted by molar-refractivity contribution is -0.162. The van der Waals surface area contributed by atoms with Crippen LogP contribution in [0.2, 0.25) is 0 Å². The van der Waals surface area contributed by atoms with E-state index in [9.17, 15) is 25.2 Å². The number of rotatable bonds is 6. The van der Waals surface area contributed by atoms with E-state index in [1.165, 1.54) is 57.8 Å². The average molecular weight is 465 g/mol. The maximum atomic E-state index is 11.3. The Morgan fingerprint density at radius 3 is 2.27 bits per heavy atom. The molecular weight excluding hydrogens is 420 g/mol. The zero-order chi connectivity index (χ0) is 24.2. The van der Waals surface area contributed by atoms with E-state index in [0.29, 0.717) is 17.8 Å². The molecule has 0 bridgehead atoms. The molecule has 5 N–H and O–H groups in total. The molecule has 0 aromatic carbocycles. The second kappa shape index (κ2) is 8.75. The summed E-state index contributed by atoms with van der Waals surface area (Å²) in [7, 11) is 0. The van der Waals surface area contributed by atoms with E-state index in [-0.39, 0.29) is 17.8 Å². The van der Waals surface area contributed by atoms with Crippen LogP contribution in [0.5, 0.6) is 0 Å². The molecular formula is C27H44O6. The fourth-order valence-corrected chi connectivity index (χ4v) is 9.47. The Morgan fingerprint density at radius 1 is 0.909 bits per heavy atom. The van der Waals surface area contributed by atoms with Gasteiger partial charge in [-0.25, -0.2) is 4.79 Å². The Bertz CT molecular complexity index is 785. The Morgan fingerprint density at radius 2 is 1.61 bits per heavy atom. The number of aliphatic hydroxyl groups is 4. The number of fused-ring (bicyclic) bond motifs is 5. The van der Waals surface area contributed by atoms with E-state index in [2.05, 4.69) is 20.8 Å². The quantitative estimate of drug-likeness (QED) is 0.200. The van der Waals surface area contributed by atoms with E-state index < -0.39 is 23.3 Å². The molecule has 33 heavy (non-hydrogen) atoms. The van der Waals surface area contributed by atoms with Gasteiger partial charge in [-0.1, -0.05) is 33.6 Å². The molecule has 8 atom stereocenters. The van der Waals surface area contributed by atoms with Crippen LogP contribution in [-0.2, 0) is 4.79 Å². The van der Waals surface area contributed by atoms with E-state index in [1.807, 2.05) is 0 Å². The van der Waals surface area contributed by atoms with Gasteiger partial charge in [0.15, 0.2) is 5.57 Å². The minimum atomic E-state index is -2.76. The first-order valence-electron chi connectivity index (χ1n) is 13.2. The molecule has 188 valence electrons. The van der Waals surface area contributed by atoms with E-state index in [0.717, 1.165) is 30.1 Å². The van der Waals surface area contributed by atoms with Crippen molar-refractivity contribution in [2.24, 2.45) is 46.3 Å². The summed E-state index contributed by atoms with van der Waals surface area (Å²) >= 11 is 0. The van der Waals surface area contributed by atoms with Gasteiger partial charge in [-0.3, -0.25) is 0 Å². The van der Waals surface area contributed by atoms with E-state index in [1.54, 1.807) is 0 Å². The van der Waals surface area contributed by atoms with Crippen molar-refractivity contribution in [1.29, 1.82) is 0 Å². The van der Waals surface area contributed by atoms with Crippen LogP contribution in [0.3, 0.4) is 0 Å². The largest absolute Gasteiger partial charge is 0.481 e. The molecule has 4 aliphatic rings. The van der Waals surface area contributed by atoms with Crippen molar-refractivity contribution in [2.45, 2.75) is 104 Å². The molecule has 6 nitrogen and oxygen atoms in total. The molecule has 4 rings (SSSR count).